The van der Waals surface area contributed by atoms with Gasteiger partial charge in [-0.15, -0.1) is 0 Å². The average molecular weight is 395 g/mol. The van der Waals surface area contributed by atoms with E-state index < -0.39 is 0 Å². The molecule has 0 aliphatic heterocycles. The Labute approximate surface area is 173 Å². The minimum Gasteiger partial charge on any atom is -0.493 e. The van der Waals surface area contributed by atoms with E-state index in [1.807, 2.05) is 36.4 Å². The van der Waals surface area contributed by atoms with Crippen molar-refractivity contribution in [2.45, 2.75) is 44.9 Å². The zero-order valence-electron chi connectivity index (χ0n) is 17.2. The third kappa shape index (κ3) is 4.81. The summed E-state index contributed by atoms with van der Waals surface area (Å²) in [5, 5.41) is 0. The van der Waals surface area contributed by atoms with Gasteiger partial charge in [0, 0.05) is 13.0 Å². The van der Waals surface area contributed by atoms with Crippen molar-refractivity contribution in [2.24, 2.45) is 11.8 Å². The molecule has 2 aromatic rings. The fourth-order valence-electron chi connectivity index (χ4n) is 4.57. The standard InChI is InChI=1S/C25H30O4/c1-27-17-29-22-12-10-18(11-13-22)14-21-15-20-8-5-9-23(24(20)25(21)26)28-16-19-6-3-2-4-7-19/h5,8-13,19,21H,2-4,6-7,14-17H2,1H3. The number of hydrogen-bond acceptors (Lipinski definition) is 4. The van der Waals surface area contributed by atoms with E-state index in [-0.39, 0.29) is 18.5 Å². The molecule has 2 aliphatic carbocycles. The monoisotopic (exact) mass is 394 g/mol. The number of fused-ring (bicyclic) bond motifs is 1. The van der Waals surface area contributed by atoms with E-state index in [4.69, 9.17) is 14.2 Å². The predicted molar refractivity (Wildman–Crippen MR) is 113 cm³/mol. The third-order valence-corrected chi connectivity index (χ3v) is 6.14. The molecule has 2 aromatic carbocycles. The fraction of sp³-hybridized carbons (Fsp3) is 0.480. The fourth-order valence-corrected chi connectivity index (χ4v) is 4.57. The number of methoxy groups -OCH3 is 1. The summed E-state index contributed by atoms with van der Waals surface area (Å²) >= 11 is 0. The van der Waals surface area contributed by atoms with E-state index in [9.17, 15) is 4.79 Å². The van der Waals surface area contributed by atoms with Crippen molar-refractivity contribution >= 4 is 5.78 Å². The zero-order valence-corrected chi connectivity index (χ0v) is 17.2. The molecule has 1 unspecified atom stereocenters. The molecule has 0 N–H and O–H groups in total. The Hall–Kier alpha value is -2.33. The first kappa shape index (κ1) is 20.0. The van der Waals surface area contributed by atoms with Crippen LogP contribution in [0, 0.1) is 11.8 Å². The normalized spacial score (nSPS) is 19.2. The van der Waals surface area contributed by atoms with E-state index in [2.05, 4.69) is 6.07 Å². The molecule has 0 bridgehead atoms. The number of benzene rings is 2. The molecule has 154 valence electrons. The molecule has 4 heteroatoms. The van der Waals surface area contributed by atoms with Crippen LogP contribution in [0.4, 0.5) is 0 Å². The van der Waals surface area contributed by atoms with Crippen molar-refractivity contribution in [3.05, 3.63) is 59.2 Å². The van der Waals surface area contributed by atoms with Crippen molar-refractivity contribution < 1.29 is 19.0 Å². The molecular formula is C25H30O4. The number of rotatable bonds is 8. The highest BCUT2D eigenvalue weighted by molar-refractivity contribution is 6.04. The summed E-state index contributed by atoms with van der Waals surface area (Å²) in [6, 6.07) is 14.0. The van der Waals surface area contributed by atoms with Crippen molar-refractivity contribution in [2.75, 3.05) is 20.5 Å². The van der Waals surface area contributed by atoms with Crippen LogP contribution in [0.1, 0.15) is 53.6 Å². The third-order valence-electron chi connectivity index (χ3n) is 6.14. The second-order valence-corrected chi connectivity index (χ2v) is 8.27. The largest absolute Gasteiger partial charge is 0.493 e. The maximum atomic E-state index is 13.2. The molecule has 2 aliphatic rings. The summed E-state index contributed by atoms with van der Waals surface area (Å²) in [5.74, 6) is 2.39. The van der Waals surface area contributed by atoms with Crippen LogP contribution in [0.3, 0.4) is 0 Å². The van der Waals surface area contributed by atoms with Gasteiger partial charge in [0.25, 0.3) is 0 Å². The van der Waals surface area contributed by atoms with E-state index >= 15 is 0 Å². The van der Waals surface area contributed by atoms with Gasteiger partial charge in [-0.1, -0.05) is 43.5 Å². The lowest BCUT2D eigenvalue weighted by Crippen LogP contribution is -2.17. The van der Waals surface area contributed by atoms with Crippen molar-refractivity contribution in [1.82, 2.24) is 0 Å². The number of carbonyl (C=O) groups is 1. The number of carbonyl (C=O) groups excluding carboxylic acids is 1. The number of ketones is 1. The van der Waals surface area contributed by atoms with Crippen LogP contribution in [0.2, 0.25) is 0 Å². The van der Waals surface area contributed by atoms with Crippen LogP contribution >= 0.6 is 0 Å². The Kier molecular flexibility index (Phi) is 6.50. The lowest BCUT2D eigenvalue weighted by Gasteiger charge is -2.22. The van der Waals surface area contributed by atoms with E-state index in [1.165, 1.54) is 32.1 Å². The minimum atomic E-state index is -0.0184. The van der Waals surface area contributed by atoms with Crippen LogP contribution in [-0.4, -0.2) is 26.3 Å². The Morgan fingerprint density at radius 3 is 2.52 bits per heavy atom. The first-order valence-electron chi connectivity index (χ1n) is 10.7. The molecule has 1 fully saturated rings. The van der Waals surface area contributed by atoms with E-state index in [0.717, 1.165) is 47.6 Å². The van der Waals surface area contributed by atoms with Gasteiger partial charge in [0.05, 0.1) is 12.2 Å². The number of hydrogen-bond donors (Lipinski definition) is 0. The van der Waals surface area contributed by atoms with Gasteiger partial charge in [-0.25, -0.2) is 0 Å². The van der Waals surface area contributed by atoms with Gasteiger partial charge in [0.2, 0.25) is 0 Å². The first-order chi connectivity index (χ1) is 14.2. The smallest absolute Gasteiger partial charge is 0.188 e. The number of ether oxygens (including phenoxy) is 3. The van der Waals surface area contributed by atoms with Gasteiger partial charge in [-0.2, -0.15) is 0 Å². The molecule has 29 heavy (non-hydrogen) atoms. The summed E-state index contributed by atoms with van der Waals surface area (Å²) in [7, 11) is 1.60. The second-order valence-electron chi connectivity index (χ2n) is 8.27. The van der Waals surface area contributed by atoms with E-state index in [0.29, 0.717) is 5.92 Å². The van der Waals surface area contributed by atoms with Crippen molar-refractivity contribution in [3.63, 3.8) is 0 Å². The maximum Gasteiger partial charge on any atom is 0.188 e. The van der Waals surface area contributed by atoms with Gasteiger partial charge in [-0.3, -0.25) is 4.79 Å². The van der Waals surface area contributed by atoms with E-state index in [1.54, 1.807) is 7.11 Å². The molecule has 0 spiro atoms. The Morgan fingerprint density at radius 2 is 1.76 bits per heavy atom. The van der Waals surface area contributed by atoms with Gasteiger partial charge in [0.1, 0.15) is 11.5 Å². The van der Waals surface area contributed by atoms with Crippen LogP contribution in [0.25, 0.3) is 0 Å². The summed E-state index contributed by atoms with van der Waals surface area (Å²) in [6.07, 6.45) is 7.97. The second kappa shape index (κ2) is 9.45. The number of Topliss-reactive ketones (excluding diaryl/α,β-unsaturated/α-hetero) is 1. The highest BCUT2D eigenvalue weighted by Gasteiger charge is 2.33. The Bertz CT molecular complexity index is 821. The van der Waals surface area contributed by atoms with Gasteiger partial charge < -0.3 is 14.2 Å². The summed E-state index contributed by atoms with van der Waals surface area (Å²) in [6.45, 7) is 0.969. The SMILES string of the molecule is COCOc1ccc(CC2Cc3cccc(OCC4CCCCC4)c3C2=O)cc1. The molecule has 0 heterocycles. The van der Waals surface area contributed by atoms with Crippen molar-refractivity contribution in [3.8, 4) is 11.5 Å². The van der Waals surface area contributed by atoms with Crippen LogP contribution in [0.5, 0.6) is 11.5 Å². The summed E-state index contributed by atoms with van der Waals surface area (Å²) < 4.78 is 16.5. The molecule has 4 nitrogen and oxygen atoms in total. The molecule has 0 saturated heterocycles. The quantitative estimate of drug-likeness (QED) is 0.576. The van der Waals surface area contributed by atoms with Crippen LogP contribution in [-0.2, 0) is 17.6 Å². The lowest BCUT2D eigenvalue weighted by atomic mass is 9.90. The lowest BCUT2D eigenvalue weighted by molar-refractivity contribution is 0.0511. The molecule has 0 aromatic heterocycles. The molecule has 0 amide bonds. The Balaban J connectivity index is 1.40. The first-order valence-corrected chi connectivity index (χ1v) is 10.7. The van der Waals surface area contributed by atoms with Gasteiger partial charge >= 0.3 is 0 Å². The topological polar surface area (TPSA) is 44.8 Å². The summed E-state index contributed by atoms with van der Waals surface area (Å²) in [4.78, 5) is 13.2. The molecular weight excluding hydrogens is 364 g/mol. The molecule has 4 rings (SSSR count). The molecule has 1 saturated carbocycles. The van der Waals surface area contributed by atoms with Crippen LogP contribution in [0.15, 0.2) is 42.5 Å². The maximum absolute atomic E-state index is 13.2. The van der Waals surface area contributed by atoms with Crippen molar-refractivity contribution in [1.29, 1.82) is 0 Å². The Morgan fingerprint density at radius 1 is 0.966 bits per heavy atom. The summed E-state index contributed by atoms with van der Waals surface area (Å²) in [5.41, 5.74) is 3.08. The van der Waals surface area contributed by atoms with Crippen LogP contribution < -0.4 is 9.47 Å². The average Bonchev–Trinajstić information content (AvgIpc) is 3.08. The minimum absolute atomic E-state index is 0.0184. The molecule has 1 atom stereocenters. The van der Waals surface area contributed by atoms with Gasteiger partial charge in [0.15, 0.2) is 12.6 Å². The molecule has 0 radical (unpaired) electrons. The highest BCUT2D eigenvalue weighted by atomic mass is 16.7. The predicted octanol–water partition coefficient (Wildman–Crippen LogP) is 5.23. The highest BCUT2D eigenvalue weighted by Crippen LogP contribution is 2.36. The zero-order chi connectivity index (χ0) is 20.1. The van der Waals surface area contributed by atoms with Gasteiger partial charge in [-0.05, 0) is 60.9 Å².